The van der Waals surface area contributed by atoms with Crippen molar-refractivity contribution >= 4 is 23.8 Å². The summed E-state index contributed by atoms with van der Waals surface area (Å²) in [5.41, 5.74) is 2.88. The lowest BCUT2D eigenvalue weighted by Gasteiger charge is -2.21. The van der Waals surface area contributed by atoms with Gasteiger partial charge in [0.1, 0.15) is 11.8 Å². The van der Waals surface area contributed by atoms with Crippen LogP contribution in [0.4, 0.5) is 0 Å². The number of aliphatic hydroxyl groups excluding tert-OH is 1. The number of carbonyl (C=O) groups is 4. The highest BCUT2D eigenvalue weighted by molar-refractivity contribution is 5.96. The van der Waals surface area contributed by atoms with Crippen molar-refractivity contribution in [2.24, 2.45) is 0 Å². The van der Waals surface area contributed by atoms with E-state index >= 15 is 0 Å². The second-order valence-electron chi connectivity index (χ2n) is 9.42. The molecule has 3 rings (SSSR count). The van der Waals surface area contributed by atoms with E-state index < -0.39 is 24.1 Å². The van der Waals surface area contributed by atoms with Gasteiger partial charge in [-0.1, -0.05) is 72.8 Å². The molecule has 0 spiro atoms. The zero-order valence-corrected chi connectivity index (χ0v) is 22.4. The molecule has 1 atom stereocenters. The van der Waals surface area contributed by atoms with Gasteiger partial charge in [-0.25, -0.2) is 9.59 Å². The van der Waals surface area contributed by atoms with E-state index in [1.165, 1.54) is 12.1 Å². The Kier molecular flexibility index (Phi) is 11.9. The van der Waals surface area contributed by atoms with E-state index in [1.54, 1.807) is 12.1 Å². The third kappa shape index (κ3) is 9.77. The van der Waals surface area contributed by atoms with Crippen molar-refractivity contribution < 1.29 is 39.2 Å². The van der Waals surface area contributed by atoms with Crippen LogP contribution in [0.25, 0.3) is 0 Å². The molecule has 2 amide bonds. The quantitative estimate of drug-likeness (QED) is 0.167. The highest BCUT2D eigenvalue weighted by Crippen LogP contribution is 2.27. The van der Waals surface area contributed by atoms with E-state index in [1.807, 2.05) is 60.7 Å². The predicted molar refractivity (Wildman–Crippen MR) is 150 cm³/mol. The van der Waals surface area contributed by atoms with Crippen molar-refractivity contribution in [3.8, 4) is 5.75 Å². The SMILES string of the molecule is O=C(CCCO)NC(Cc1ccc(OC(C(=O)O)C(=O)O)cc1)C(=O)NCCC(c1ccccc1)c1ccccc1. The molecule has 10 nitrogen and oxygen atoms in total. The molecule has 0 bridgehead atoms. The number of aliphatic hydroxyl groups is 1. The second-order valence-corrected chi connectivity index (χ2v) is 9.42. The van der Waals surface area contributed by atoms with E-state index in [-0.39, 0.29) is 49.4 Å². The summed E-state index contributed by atoms with van der Waals surface area (Å²) < 4.78 is 5.03. The third-order valence-electron chi connectivity index (χ3n) is 6.42. The lowest BCUT2D eigenvalue weighted by molar-refractivity contribution is -0.159. The highest BCUT2D eigenvalue weighted by atomic mass is 16.5. The molecule has 216 valence electrons. The number of amides is 2. The number of aliphatic carboxylic acids is 2. The Morgan fingerprint density at radius 1 is 0.780 bits per heavy atom. The van der Waals surface area contributed by atoms with Gasteiger partial charge in [-0.15, -0.1) is 0 Å². The first-order chi connectivity index (χ1) is 19.8. The Morgan fingerprint density at radius 3 is 1.85 bits per heavy atom. The van der Waals surface area contributed by atoms with Gasteiger partial charge in [-0.05, 0) is 41.7 Å². The van der Waals surface area contributed by atoms with Crippen LogP contribution in [0.3, 0.4) is 0 Å². The van der Waals surface area contributed by atoms with Crippen molar-refractivity contribution in [3.05, 3.63) is 102 Å². The maximum absolute atomic E-state index is 13.2. The van der Waals surface area contributed by atoms with E-state index in [0.29, 0.717) is 18.5 Å². The third-order valence-corrected chi connectivity index (χ3v) is 6.42. The number of rotatable bonds is 16. The predicted octanol–water partition coefficient (Wildman–Crippen LogP) is 2.74. The molecule has 0 heterocycles. The molecule has 0 fully saturated rings. The lowest BCUT2D eigenvalue weighted by atomic mass is 9.88. The Bertz CT molecular complexity index is 1230. The Labute approximate surface area is 238 Å². The average molecular weight is 563 g/mol. The Balaban J connectivity index is 1.69. The van der Waals surface area contributed by atoms with Gasteiger partial charge in [0, 0.05) is 31.9 Å². The van der Waals surface area contributed by atoms with Gasteiger partial charge in [0.15, 0.2) is 0 Å². The van der Waals surface area contributed by atoms with Gasteiger partial charge in [0.2, 0.25) is 11.8 Å². The van der Waals surface area contributed by atoms with Crippen LogP contribution in [0.15, 0.2) is 84.9 Å². The molecule has 0 saturated heterocycles. The first-order valence-electron chi connectivity index (χ1n) is 13.3. The van der Waals surface area contributed by atoms with Crippen LogP contribution >= 0.6 is 0 Å². The smallest absolute Gasteiger partial charge is 0.356 e. The minimum atomic E-state index is -2.05. The molecular formula is C31H34N2O8. The Morgan fingerprint density at radius 2 is 1.34 bits per heavy atom. The number of carboxylic acids is 2. The molecule has 0 radical (unpaired) electrons. The molecule has 5 N–H and O–H groups in total. The average Bonchev–Trinajstić information content (AvgIpc) is 2.98. The fraction of sp³-hybridized carbons (Fsp3) is 0.290. The molecule has 0 aliphatic heterocycles. The van der Waals surface area contributed by atoms with E-state index in [0.717, 1.165) is 11.1 Å². The van der Waals surface area contributed by atoms with Gasteiger partial charge >= 0.3 is 11.9 Å². The maximum atomic E-state index is 13.2. The van der Waals surface area contributed by atoms with Crippen molar-refractivity contribution in [2.75, 3.05) is 13.2 Å². The summed E-state index contributed by atoms with van der Waals surface area (Å²) >= 11 is 0. The molecule has 10 heteroatoms. The number of hydrogen-bond donors (Lipinski definition) is 5. The number of benzene rings is 3. The van der Waals surface area contributed by atoms with Crippen LogP contribution in [0.5, 0.6) is 5.75 Å². The summed E-state index contributed by atoms with van der Waals surface area (Å²) in [6, 6.07) is 25.0. The summed E-state index contributed by atoms with van der Waals surface area (Å²) in [6.45, 7) is 0.203. The topological polar surface area (TPSA) is 162 Å². The van der Waals surface area contributed by atoms with Crippen LogP contribution in [0, 0.1) is 0 Å². The molecule has 3 aromatic rings. The molecule has 0 saturated carbocycles. The number of hydrogen-bond acceptors (Lipinski definition) is 6. The summed E-state index contributed by atoms with van der Waals surface area (Å²) in [5, 5.41) is 32.8. The van der Waals surface area contributed by atoms with Gasteiger partial charge in [-0.2, -0.15) is 0 Å². The minimum Gasteiger partial charge on any atom is -0.478 e. The van der Waals surface area contributed by atoms with Crippen molar-refractivity contribution in [1.29, 1.82) is 0 Å². The number of carboxylic acid groups (broad SMARTS) is 2. The second kappa shape index (κ2) is 15.8. The van der Waals surface area contributed by atoms with E-state index in [9.17, 15) is 19.2 Å². The summed E-state index contributed by atoms with van der Waals surface area (Å²) in [4.78, 5) is 47.9. The zero-order chi connectivity index (χ0) is 29.6. The van der Waals surface area contributed by atoms with Crippen molar-refractivity contribution in [2.45, 2.75) is 43.7 Å². The summed E-state index contributed by atoms with van der Waals surface area (Å²) in [5.74, 6) is -3.93. The molecule has 0 aliphatic carbocycles. The fourth-order valence-corrected chi connectivity index (χ4v) is 4.36. The van der Waals surface area contributed by atoms with Gasteiger partial charge in [-0.3, -0.25) is 9.59 Å². The molecule has 3 aromatic carbocycles. The minimum absolute atomic E-state index is 0.0319. The van der Waals surface area contributed by atoms with Crippen LogP contribution < -0.4 is 15.4 Å². The van der Waals surface area contributed by atoms with Crippen LogP contribution in [0.1, 0.15) is 41.9 Å². The van der Waals surface area contributed by atoms with E-state index in [4.69, 9.17) is 20.1 Å². The first-order valence-corrected chi connectivity index (χ1v) is 13.3. The van der Waals surface area contributed by atoms with Gasteiger partial charge in [0.25, 0.3) is 6.10 Å². The first kappa shape index (κ1) is 30.8. The zero-order valence-electron chi connectivity index (χ0n) is 22.4. The normalized spacial score (nSPS) is 11.6. The number of ether oxygens (including phenoxy) is 1. The summed E-state index contributed by atoms with van der Waals surface area (Å²) in [7, 11) is 0. The van der Waals surface area contributed by atoms with Crippen LogP contribution in [-0.2, 0) is 25.6 Å². The number of carbonyl (C=O) groups excluding carboxylic acids is 2. The molecule has 1 unspecified atom stereocenters. The monoisotopic (exact) mass is 562 g/mol. The molecule has 41 heavy (non-hydrogen) atoms. The fourth-order valence-electron chi connectivity index (χ4n) is 4.36. The molecule has 0 aliphatic rings. The summed E-state index contributed by atoms with van der Waals surface area (Å²) in [6.07, 6.45) is -0.982. The van der Waals surface area contributed by atoms with Gasteiger partial charge in [0.05, 0.1) is 0 Å². The molecule has 0 aromatic heterocycles. The van der Waals surface area contributed by atoms with E-state index in [2.05, 4.69) is 10.6 Å². The lowest BCUT2D eigenvalue weighted by Crippen LogP contribution is -2.48. The molecular weight excluding hydrogens is 528 g/mol. The van der Waals surface area contributed by atoms with Crippen LogP contribution in [-0.4, -0.2) is 64.4 Å². The van der Waals surface area contributed by atoms with Crippen LogP contribution in [0.2, 0.25) is 0 Å². The highest BCUT2D eigenvalue weighted by Gasteiger charge is 2.28. The maximum Gasteiger partial charge on any atom is 0.356 e. The largest absolute Gasteiger partial charge is 0.478 e. The number of nitrogens with one attached hydrogen (secondary N) is 2. The van der Waals surface area contributed by atoms with Crippen molar-refractivity contribution in [3.63, 3.8) is 0 Å². The standard InChI is InChI=1S/C31H34N2O8/c34-19-7-12-27(35)33-26(20-21-13-15-24(16-14-21)41-28(30(37)38)31(39)40)29(36)32-18-17-25(22-8-3-1-4-9-22)23-10-5-2-6-11-23/h1-6,8-11,13-16,25-26,28,34H,7,12,17-20H2,(H,32,36)(H,33,35)(H,37,38)(H,39,40). The van der Waals surface area contributed by atoms with Gasteiger partial charge < -0.3 is 30.7 Å². The Hall–Kier alpha value is -4.70. The van der Waals surface area contributed by atoms with Crippen molar-refractivity contribution in [1.82, 2.24) is 10.6 Å².